The van der Waals surface area contributed by atoms with Crippen molar-refractivity contribution in [3.05, 3.63) is 83.4 Å². The van der Waals surface area contributed by atoms with Crippen molar-refractivity contribution in [1.82, 2.24) is 0 Å². The molecule has 1 aliphatic carbocycles. The molecule has 36 heavy (non-hydrogen) atoms. The van der Waals surface area contributed by atoms with Crippen LogP contribution < -0.4 is 9.80 Å². The first kappa shape index (κ1) is 26.8. The SMILES string of the molecule is CCN(C)c1ccc(C(F)(F)F)cc1N(C)c1ccccc1.O=CC1(C=O)CCc2ccc(O)cc21. The molecule has 0 aromatic heterocycles. The highest BCUT2D eigenvalue weighted by Crippen LogP contribution is 2.39. The highest BCUT2D eigenvalue weighted by atomic mass is 19.4. The first-order valence-corrected chi connectivity index (χ1v) is 11.5. The van der Waals surface area contributed by atoms with Crippen LogP contribution in [0.1, 0.15) is 30.0 Å². The summed E-state index contributed by atoms with van der Waals surface area (Å²) in [7, 11) is 3.64. The fraction of sp³-hybridized carbons (Fsp3) is 0.286. The van der Waals surface area contributed by atoms with Crippen LogP contribution in [0.4, 0.5) is 30.2 Å². The summed E-state index contributed by atoms with van der Waals surface area (Å²) in [5.74, 6) is 0.0960. The van der Waals surface area contributed by atoms with Crippen LogP contribution in [0.5, 0.6) is 5.75 Å². The summed E-state index contributed by atoms with van der Waals surface area (Å²) in [5, 5.41) is 9.29. The van der Waals surface area contributed by atoms with Crippen molar-refractivity contribution in [2.45, 2.75) is 31.4 Å². The lowest BCUT2D eigenvalue weighted by Crippen LogP contribution is -2.26. The summed E-state index contributed by atoms with van der Waals surface area (Å²) >= 11 is 0. The number of halogens is 3. The van der Waals surface area contributed by atoms with E-state index in [4.69, 9.17) is 0 Å². The number of phenols is 1. The number of carbonyl (C=O) groups is 2. The van der Waals surface area contributed by atoms with E-state index in [1.165, 1.54) is 18.2 Å². The molecule has 190 valence electrons. The maximum Gasteiger partial charge on any atom is 0.416 e. The average molecular weight is 499 g/mol. The third-order valence-electron chi connectivity index (χ3n) is 6.52. The zero-order valence-electron chi connectivity index (χ0n) is 20.4. The van der Waals surface area contributed by atoms with Crippen molar-refractivity contribution in [3.63, 3.8) is 0 Å². The third kappa shape index (κ3) is 5.53. The van der Waals surface area contributed by atoms with Crippen molar-refractivity contribution in [1.29, 1.82) is 0 Å². The molecule has 3 aromatic carbocycles. The van der Waals surface area contributed by atoms with Gasteiger partial charge in [-0.3, -0.25) is 0 Å². The summed E-state index contributed by atoms with van der Waals surface area (Å²) in [6.45, 7) is 2.67. The van der Waals surface area contributed by atoms with Gasteiger partial charge >= 0.3 is 6.18 Å². The van der Waals surface area contributed by atoms with Crippen LogP contribution in [-0.2, 0) is 27.6 Å². The van der Waals surface area contributed by atoms with E-state index < -0.39 is 17.2 Å². The number of hydrogen-bond donors (Lipinski definition) is 1. The lowest BCUT2D eigenvalue weighted by Gasteiger charge is -2.28. The summed E-state index contributed by atoms with van der Waals surface area (Å²) in [4.78, 5) is 25.5. The zero-order chi connectivity index (χ0) is 26.5. The number of hydrogen-bond acceptors (Lipinski definition) is 5. The second-order valence-corrected chi connectivity index (χ2v) is 8.73. The number of aldehydes is 2. The minimum atomic E-state index is -4.35. The second kappa shape index (κ2) is 10.8. The highest BCUT2D eigenvalue weighted by molar-refractivity contribution is 5.93. The van der Waals surface area contributed by atoms with Crippen LogP contribution in [-0.4, -0.2) is 38.3 Å². The Kier molecular flexibility index (Phi) is 8.07. The van der Waals surface area contributed by atoms with Gasteiger partial charge in [0.15, 0.2) is 0 Å². The molecule has 0 bridgehead atoms. The Morgan fingerprint density at radius 3 is 2.19 bits per heavy atom. The Morgan fingerprint density at radius 1 is 0.944 bits per heavy atom. The Balaban J connectivity index is 0.000000221. The van der Waals surface area contributed by atoms with Gasteiger partial charge in [-0.25, -0.2) is 0 Å². The fourth-order valence-corrected chi connectivity index (χ4v) is 4.22. The van der Waals surface area contributed by atoms with Gasteiger partial charge in [0, 0.05) is 26.3 Å². The Morgan fingerprint density at radius 2 is 1.61 bits per heavy atom. The number of nitrogens with zero attached hydrogens (tertiary/aromatic N) is 2. The topological polar surface area (TPSA) is 60.9 Å². The van der Waals surface area contributed by atoms with Gasteiger partial charge in [-0.1, -0.05) is 24.3 Å². The number of fused-ring (bicyclic) bond motifs is 1. The molecule has 5 nitrogen and oxygen atoms in total. The summed E-state index contributed by atoms with van der Waals surface area (Å²) < 4.78 is 39.0. The molecular weight excluding hydrogens is 469 g/mol. The lowest BCUT2D eigenvalue weighted by atomic mass is 9.85. The number of aromatic hydroxyl groups is 1. The van der Waals surface area contributed by atoms with E-state index in [0.29, 0.717) is 43.2 Å². The first-order chi connectivity index (χ1) is 17.1. The maximum atomic E-state index is 13.0. The fourth-order valence-electron chi connectivity index (χ4n) is 4.22. The molecule has 1 aliphatic rings. The minimum Gasteiger partial charge on any atom is -0.508 e. The minimum absolute atomic E-state index is 0.0960. The monoisotopic (exact) mass is 498 g/mol. The maximum absolute atomic E-state index is 13.0. The summed E-state index contributed by atoms with van der Waals surface area (Å²) in [5.41, 5.74) is 2.11. The molecule has 0 spiro atoms. The normalized spacial score (nSPS) is 13.7. The summed E-state index contributed by atoms with van der Waals surface area (Å²) in [6.07, 6.45) is -1.78. The number of benzene rings is 3. The van der Waals surface area contributed by atoms with Crippen molar-refractivity contribution in [2.75, 3.05) is 30.4 Å². The van der Waals surface area contributed by atoms with Crippen LogP contribution in [0.2, 0.25) is 0 Å². The van der Waals surface area contributed by atoms with Crippen LogP contribution in [0.15, 0.2) is 66.7 Å². The van der Waals surface area contributed by atoms with E-state index in [-0.39, 0.29) is 5.75 Å². The van der Waals surface area contributed by atoms with E-state index in [1.54, 1.807) is 24.1 Å². The zero-order valence-corrected chi connectivity index (χ0v) is 20.4. The van der Waals surface area contributed by atoms with Gasteiger partial charge in [-0.05, 0) is 73.4 Å². The molecule has 4 rings (SSSR count). The molecule has 3 aromatic rings. The second-order valence-electron chi connectivity index (χ2n) is 8.73. The van der Waals surface area contributed by atoms with Gasteiger partial charge in [0.05, 0.1) is 16.9 Å². The van der Waals surface area contributed by atoms with Crippen molar-refractivity contribution in [3.8, 4) is 5.75 Å². The van der Waals surface area contributed by atoms with E-state index >= 15 is 0 Å². The number of carbonyl (C=O) groups excluding carboxylic acids is 2. The van der Waals surface area contributed by atoms with E-state index in [9.17, 15) is 27.9 Å². The van der Waals surface area contributed by atoms with Crippen LogP contribution in [0, 0.1) is 0 Å². The van der Waals surface area contributed by atoms with Crippen LogP contribution >= 0.6 is 0 Å². The van der Waals surface area contributed by atoms with Crippen molar-refractivity contribution < 1.29 is 27.9 Å². The highest BCUT2D eigenvalue weighted by Gasteiger charge is 2.38. The molecule has 0 radical (unpaired) electrons. The number of aryl methyl sites for hydroxylation is 1. The third-order valence-corrected chi connectivity index (χ3v) is 6.52. The van der Waals surface area contributed by atoms with Gasteiger partial charge in [0.1, 0.15) is 23.7 Å². The molecular formula is C28H29F3N2O3. The average Bonchev–Trinajstić information content (AvgIpc) is 3.26. The molecule has 0 amide bonds. The van der Waals surface area contributed by atoms with Gasteiger partial charge in [-0.15, -0.1) is 0 Å². The predicted octanol–water partition coefficient (Wildman–Crippen LogP) is 5.90. The lowest BCUT2D eigenvalue weighted by molar-refractivity contribution is -0.137. The number of anilines is 3. The van der Waals surface area contributed by atoms with Crippen LogP contribution in [0.25, 0.3) is 0 Å². The molecule has 0 unspecified atom stereocenters. The Labute approximate surface area is 208 Å². The van der Waals surface area contributed by atoms with E-state index in [2.05, 4.69) is 0 Å². The number of phenolic OH excluding ortho intramolecular Hbond substituents is 1. The summed E-state index contributed by atoms with van der Waals surface area (Å²) in [6, 6.07) is 18.0. The molecule has 0 saturated carbocycles. The van der Waals surface area contributed by atoms with E-state index in [0.717, 1.165) is 23.0 Å². The molecule has 0 fully saturated rings. The molecule has 0 heterocycles. The molecule has 8 heteroatoms. The molecule has 0 aliphatic heterocycles. The van der Waals surface area contributed by atoms with Gasteiger partial charge in [0.2, 0.25) is 0 Å². The molecule has 0 atom stereocenters. The smallest absolute Gasteiger partial charge is 0.416 e. The van der Waals surface area contributed by atoms with Crippen LogP contribution in [0.3, 0.4) is 0 Å². The first-order valence-electron chi connectivity index (χ1n) is 11.5. The predicted molar refractivity (Wildman–Crippen MR) is 135 cm³/mol. The van der Waals surface area contributed by atoms with Gasteiger partial charge in [-0.2, -0.15) is 13.2 Å². The Hall–Kier alpha value is -3.81. The molecule has 1 N–H and O–H groups in total. The van der Waals surface area contributed by atoms with E-state index in [1.807, 2.05) is 49.2 Å². The van der Waals surface area contributed by atoms with Gasteiger partial charge in [0.25, 0.3) is 0 Å². The number of para-hydroxylation sites is 1. The van der Waals surface area contributed by atoms with Crippen molar-refractivity contribution >= 4 is 29.6 Å². The Bertz CT molecular complexity index is 1200. The number of alkyl halides is 3. The van der Waals surface area contributed by atoms with Gasteiger partial charge < -0.3 is 24.5 Å². The quantitative estimate of drug-likeness (QED) is 0.339. The molecule has 0 saturated heterocycles. The number of rotatable bonds is 6. The van der Waals surface area contributed by atoms with Crippen molar-refractivity contribution in [2.24, 2.45) is 0 Å². The largest absolute Gasteiger partial charge is 0.508 e. The standard InChI is InChI=1S/C17H19F3N2.C11H10O3/c1-4-21(2)15-11-10-13(17(18,19)20)12-16(15)22(3)14-8-6-5-7-9-14;12-6-11(7-13)4-3-8-1-2-9(14)5-10(8)11/h5-12H,4H2,1-3H3;1-2,5-7,14H,3-4H2.